The largest absolute Gasteiger partial charge is 0.327 e. The van der Waals surface area contributed by atoms with Gasteiger partial charge in [-0.15, -0.1) is 0 Å². The molecule has 4 rings (SSSR count). The number of nitrogens with one attached hydrogen (secondary N) is 2. The van der Waals surface area contributed by atoms with Crippen molar-refractivity contribution >= 4 is 29.0 Å². The van der Waals surface area contributed by atoms with Crippen LogP contribution in [0.15, 0.2) is 83.9 Å². The molecule has 3 amide bonds. The van der Waals surface area contributed by atoms with Gasteiger partial charge in [-0.05, 0) is 36.6 Å². The molecule has 34 heavy (non-hydrogen) atoms. The number of anilines is 2. The van der Waals surface area contributed by atoms with Crippen LogP contribution in [0.5, 0.6) is 0 Å². The first-order valence-electron chi connectivity index (χ1n) is 11.4. The maximum Gasteiger partial charge on any atom is 0.321 e. The summed E-state index contributed by atoms with van der Waals surface area (Å²) in [4.78, 5) is 32.3. The minimum absolute atomic E-state index is 0.0654. The van der Waals surface area contributed by atoms with E-state index < -0.39 is 12.2 Å². The highest BCUT2D eigenvalue weighted by atomic mass is 16.2. The first kappa shape index (κ1) is 23.2. The van der Waals surface area contributed by atoms with Crippen LogP contribution in [0.3, 0.4) is 0 Å². The lowest BCUT2D eigenvalue weighted by Gasteiger charge is -2.21. The number of rotatable bonds is 6. The fourth-order valence-corrected chi connectivity index (χ4v) is 3.96. The highest BCUT2D eigenvalue weighted by molar-refractivity contribution is 6.20. The second-order valence-corrected chi connectivity index (χ2v) is 8.33. The number of benzodiazepines with no additional fused rings is 1. The number of likely N-dealkylation sites (N-methyl/N-ethyl adjacent to an activating group) is 1. The van der Waals surface area contributed by atoms with E-state index in [1.807, 2.05) is 79.7 Å². The van der Waals surface area contributed by atoms with Crippen LogP contribution in [-0.4, -0.2) is 36.9 Å². The first-order chi connectivity index (χ1) is 16.5. The predicted octanol–water partition coefficient (Wildman–Crippen LogP) is 3.93. The number of hydrogen-bond donors (Lipinski definition) is 3. The van der Waals surface area contributed by atoms with Crippen molar-refractivity contribution in [2.75, 3.05) is 17.3 Å². The molecule has 0 aromatic heterocycles. The van der Waals surface area contributed by atoms with E-state index in [0.29, 0.717) is 11.4 Å². The van der Waals surface area contributed by atoms with E-state index in [0.717, 1.165) is 35.2 Å². The number of nitrogens with zero attached hydrogens (tertiary/aromatic N) is 2. The standard InChI is InChI=1S/C27H29N5O2/c1-3-20(28)16-18-10-9-13-21(17-18)29-27(34)31-25-26(33)32(2)23-15-8-7-14-22(23)24(30-25)19-11-5-4-6-12-19/h4-15,17,20,25H,3,16,28H2,1-2H3,(H2,29,31,34)/t20-,25+/m1/s1. The number of nitrogens with two attached hydrogens (primary N) is 1. The Hall–Kier alpha value is -3.97. The average molecular weight is 456 g/mol. The molecule has 0 saturated heterocycles. The van der Waals surface area contributed by atoms with Gasteiger partial charge in [0.15, 0.2) is 0 Å². The molecule has 174 valence electrons. The molecule has 1 aliphatic heterocycles. The molecule has 7 heteroatoms. The quantitative estimate of drug-likeness (QED) is 0.525. The number of aliphatic imine (C=N–C) groups is 1. The van der Waals surface area contributed by atoms with E-state index in [1.54, 1.807) is 13.1 Å². The van der Waals surface area contributed by atoms with Gasteiger partial charge in [-0.1, -0.05) is 67.6 Å². The molecule has 0 fully saturated rings. The SMILES string of the molecule is CC[C@@H](N)Cc1cccc(NC(=O)N[C@@H]2N=C(c3ccccc3)c3ccccc3N(C)C2=O)c1. The van der Waals surface area contributed by atoms with E-state index in [1.165, 1.54) is 4.90 Å². The number of carbonyl (C=O) groups excluding carboxylic acids is 2. The van der Waals surface area contributed by atoms with Crippen molar-refractivity contribution in [1.82, 2.24) is 5.32 Å². The maximum atomic E-state index is 13.2. The van der Waals surface area contributed by atoms with E-state index >= 15 is 0 Å². The van der Waals surface area contributed by atoms with Crippen LogP contribution in [0.1, 0.15) is 30.0 Å². The lowest BCUT2D eigenvalue weighted by molar-refractivity contribution is -0.119. The highest BCUT2D eigenvalue weighted by Gasteiger charge is 2.30. The lowest BCUT2D eigenvalue weighted by atomic mass is 10.0. The van der Waals surface area contributed by atoms with Crippen LogP contribution in [0.4, 0.5) is 16.2 Å². The van der Waals surface area contributed by atoms with Gasteiger partial charge >= 0.3 is 6.03 Å². The number of urea groups is 1. The van der Waals surface area contributed by atoms with Crippen molar-refractivity contribution in [3.05, 3.63) is 95.6 Å². The number of benzene rings is 3. The minimum Gasteiger partial charge on any atom is -0.327 e. The van der Waals surface area contributed by atoms with Gasteiger partial charge in [0.05, 0.1) is 11.4 Å². The number of carbonyl (C=O) groups is 2. The Labute approximate surface area is 199 Å². The van der Waals surface area contributed by atoms with Gasteiger partial charge in [-0.25, -0.2) is 9.79 Å². The Balaban J connectivity index is 1.59. The monoisotopic (exact) mass is 455 g/mol. The van der Waals surface area contributed by atoms with Gasteiger partial charge in [0.25, 0.3) is 5.91 Å². The molecular weight excluding hydrogens is 426 g/mol. The van der Waals surface area contributed by atoms with E-state index in [2.05, 4.69) is 10.6 Å². The van der Waals surface area contributed by atoms with Crippen LogP contribution in [0, 0.1) is 0 Å². The fourth-order valence-electron chi connectivity index (χ4n) is 3.96. The molecule has 7 nitrogen and oxygen atoms in total. The van der Waals surface area contributed by atoms with Crippen molar-refractivity contribution in [2.45, 2.75) is 32.0 Å². The van der Waals surface area contributed by atoms with Crippen molar-refractivity contribution < 1.29 is 9.59 Å². The molecule has 1 aliphatic rings. The zero-order valence-corrected chi connectivity index (χ0v) is 19.4. The molecular formula is C27H29N5O2. The second-order valence-electron chi connectivity index (χ2n) is 8.33. The van der Waals surface area contributed by atoms with Gasteiger partial charge < -0.3 is 21.3 Å². The molecule has 1 heterocycles. The maximum absolute atomic E-state index is 13.2. The summed E-state index contributed by atoms with van der Waals surface area (Å²) in [7, 11) is 1.69. The third-order valence-electron chi connectivity index (χ3n) is 5.87. The topological polar surface area (TPSA) is 99.8 Å². The molecule has 4 N–H and O–H groups in total. The summed E-state index contributed by atoms with van der Waals surface area (Å²) >= 11 is 0. The molecule has 0 unspecified atom stereocenters. The Morgan fingerprint density at radius 2 is 1.79 bits per heavy atom. The van der Waals surface area contributed by atoms with Crippen LogP contribution >= 0.6 is 0 Å². The molecule has 3 aromatic rings. The lowest BCUT2D eigenvalue weighted by Crippen LogP contribution is -2.47. The number of amides is 3. The molecule has 0 radical (unpaired) electrons. The van der Waals surface area contributed by atoms with Crippen LogP contribution in [-0.2, 0) is 11.2 Å². The van der Waals surface area contributed by atoms with Crippen molar-refractivity contribution in [3.63, 3.8) is 0 Å². The van der Waals surface area contributed by atoms with Crippen molar-refractivity contribution in [2.24, 2.45) is 10.7 Å². The molecule has 2 atom stereocenters. The summed E-state index contributed by atoms with van der Waals surface area (Å²) in [5.74, 6) is -0.323. The second kappa shape index (κ2) is 10.3. The van der Waals surface area contributed by atoms with Crippen molar-refractivity contribution in [3.8, 4) is 0 Å². The first-order valence-corrected chi connectivity index (χ1v) is 11.4. The molecule has 0 aliphatic carbocycles. The number of fused-ring (bicyclic) bond motifs is 1. The number of para-hydroxylation sites is 1. The molecule has 0 saturated carbocycles. The van der Waals surface area contributed by atoms with Crippen LogP contribution < -0.4 is 21.3 Å². The van der Waals surface area contributed by atoms with Crippen LogP contribution in [0.2, 0.25) is 0 Å². The summed E-state index contributed by atoms with van der Waals surface area (Å²) in [6.45, 7) is 2.05. The van der Waals surface area contributed by atoms with Crippen LogP contribution in [0.25, 0.3) is 0 Å². The molecule has 0 spiro atoms. The third kappa shape index (κ3) is 5.15. The Morgan fingerprint density at radius 1 is 1.06 bits per heavy atom. The number of hydrogen-bond acceptors (Lipinski definition) is 4. The van der Waals surface area contributed by atoms with Gasteiger partial charge in [0.2, 0.25) is 6.17 Å². The Morgan fingerprint density at radius 3 is 2.56 bits per heavy atom. The summed E-state index contributed by atoms with van der Waals surface area (Å²) in [5, 5.41) is 5.56. The smallest absolute Gasteiger partial charge is 0.321 e. The Bertz CT molecular complexity index is 1210. The van der Waals surface area contributed by atoms with Crippen molar-refractivity contribution in [1.29, 1.82) is 0 Å². The van der Waals surface area contributed by atoms with E-state index in [9.17, 15) is 9.59 Å². The molecule has 0 bridgehead atoms. The van der Waals surface area contributed by atoms with Gasteiger partial charge in [-0.3, -0.25) is 4.79 Å². The summed E-state index contributed by atoms with van der Waals surface area (Å²) in [5.41, 5.74) is 10.8. The minimum atomic E-state index is -1.08. The Kier molecular flexibility index (Phi) is 7.04. The summed E-state index contributed by atoms with van der Waals surface area (Å²) in [6.07, 6.45) is 0.520. The normalized spacial score (nSPS) is 16.2. The van der Waals surface area contributed by atoms with Gasteiger partial charge in [0, 0.05) is 29.9 Å². The van der Waals surface area contributed by atoms with Gasteiger partial charge in [-0.2, -0.15) is 0 Å². The fraction of sp³-hybridized carbons (Fsp3) is 0.222. The third-order valence-corrected chi connectivity index (χ3v) is 5.87. The predicted molar refractivity (Wildman–Crippen MR) is 136 cm³/mol. The zero-order valence-electron chi connectivity index (χ0n) is 19.4. The van der Waals surface area contributed by atoms with E-state index in [4.69, 9.17) is 10.7 Å². The van der Waals surface area contributed by atoms with Gasteiger partial charge in [0.1, 0.15) is 0 Å². The molecule has 3 aromatic carbocycles. The zero-order chi connectivity index (χ0) is 24.1. The highest BCUT2D eigenvalue weighted by Crippen LogP contribution is 2.27. The summed E-state index contributed by atoms with van der Waals surface area (Å²) < 4.78 is 0. The van der Waals surface area contributed by atoms with E-state index in [-0.39, 0.29) is 11.9 Å². The average Bonchev–Trinajstić information content (AvgIpc) is 2.95. The summed E-state index contributed by atoms with van der Waals surface area (Å²) in [6, 6.07) is 24.3.